The van der Waals surface area contributed by atoms with Crippen molar-refractivity contribution >= 4 is 39.8 Å². The first-order chi connectivity index (χ1) is 4.25. The van der Waals surface area contributed by atoms with Crippen molar-refractivity contribution in [1.29, 1.82) is 0 Å². The Bertz CT molecular complexity index is 179. The Hall–Kier alpha value is -0.0900. The highest BCUT2D eigenvalue weighted by Crippen LogP contribution is 2.10. The van der Waals surface area contributed by atoms with Crippen LogP contribution in [0.15, 0.2) is 0 Å². The molecular formula is C4H4BrClNO2+. The first-order valence-corrected chi connectivity index (χ1v) is 3.37. The van der Waals surface area contributed by atoms with Gasteiger partial charge in [-0.3, -0.25) is 0 Å². The maximum absolute atomic E-state index is 10.6. The SMILES string of the molecule is O=C1CCC(OBr)=[N+]1Cl. The van der Waals surface area contributed by atoms with Crippen molar-refractivity contribution in [3.63, 3.8) is 0 Å². The Morgan fingerprint density at radius 2 is 2.33 bits per heavy atom. The van der Waals surface area contributed by atoms with Gasteiger partial charge in [0, 0.05) is 0 Å². The number of hydrogen-bond donors (Lipinski definition) is 0. The van der Waals surface area contributed by atoms with E-state index in [-0.39, 0.29) is 5.91 Å². The summed E-state index contributed by atoms with van der Waals surface area (Å²) in [5.74, 6) is 0.341. The molecule has 0 aromatic carbocycles. The van der Waals surface area contributed by atoms with Gasteiger partial charge >= 0.3 is 11.8 Å². The zero-order valence-corrected chi connectivity index (χ0v) is 6.78. The summed E-state index contributed by atoms with van der Waals surface area (Å²) in [6.07, 6.45) is 1.01. The van der Waals surface area contributed by atoms with Gasteiger partial charge in [0.25, 0.3) is 11.8 Å². The number of carbonyl (C=O) groups is 1. The van der Waals surface area contributed by atoms with Crippen LogP contribution in [0.3, 0.4) is 0 Å². The lowest BCUT2D eigenvalue weighted by Gasteiger charge is -1.82. The van der Waals surface area contributed by atoms with Crippen LogP contribution < -0.4 is 0 Å². The summed E-state index contributed by atoms with van der Waals surface area (Å²) in [7, 11) is 0. The van der Waals surface area contributed by atoms with E-state index in [2.05, 4.69) is 20.1 Å². The zero-order chi connectivity index (χ0) is 6.85. The minimum absolute atomic E-state index is 0.119. The number of rotatable bonds is 0. The highest BCUT2D eigenvalue weighted by Gasteiger charge is 2.32. The molecule has 1 aliphatic heterocycles. The molecule has 1 amide bonds. The maximum Gasteiger partial charge on any atom is 0.410 e. The van der Waals surface area contributed by atoms with Gasteiger partial charge in [-0.2, -0.15) is 0 Å². The van der Waals surface area contributed by atoms with Crippen LogP contribution in [-0.4, -0.2) is 15.9 Å². The van der Waals surface area contributed by atoms with Crippen LogP contribution in [-0.2, 0) is 8.62 Å². The van der Waals surface area contributed by atoms with Gasteiger partial charge in [-0.1, -0.05) is 0 Å². The molecule has 0 aliphatic carbocycles. The molecule has 9 heavy (non-hydrogen) atoms. The summed E-state index contributed by atoms with van der Waals surface area (Å²) >= 11 is 8.15. The van der Waals surface area contributed by atoms with E-state index in [0.29, 0.717) is 18.7 Å². The molecule has 0 saturated carbocycles. The Morgan fingerprint density at radius 1 is 1.67 bits per heavy atom. The monoisotopic (exact) mass is 212 g/mol. The molecule has 5 heteroatoms. The fourth-order valence-corrected chi connectivity index (χ4v) is 1.21. The Kier molecular flexibility index (Phi) is 2.08. The summed E-state index contributed by atoms with van der Waals surface area (Å²) in [4.78, 5) is 10.6. The minimum Gasteiger partial charge on any atom is -0.364 e. The first kappa shape index (κ1) is 7.02. The summed E-state index contributed by atoms with van der Waals surface area (Å²) in [6, 6.07) is 0. The second kappa shape index (κ2) is 2.66. The van der Waals surface area contributed by atoms with Gasteiger partial charge in [-0.05, 0) is 4.09 Å². The number of nitrogens with zero attached hydrogens (tertiary/aromatic N) is 1. The number of hydrogen-bond acceptors (Lipinski definition) is 2. The molecule has 0 bridgehead atoms. The Labute approximate surface area is 65.8 Å². The summed E-state index contributed by atoms with van der Waals surface area (Å²) < 4.78 is 5.58. The van der Waals surface area contributed by atoms with Crippen molar-refractivity contribution in [2.45, 2.75) is 12.8 Å². The molecule has 0 N–H and O–H groups in total. The molecule has 1 heterocycles. The second-order valence-corrected chi connectivity index (χ2v) is 2.31. The van der Waals surface area contributed by atoms with Gasteiger partial charge in [0.2, 0.25) is 0 Å². The lowest BCUT2D eigenvalue weighted by molar-refractivity contribution is -0.310. The molecule has 0 fully saturated rings. The van der Waals surface area contributed by atoms with Gasteiger partial charge in [0.05, 0.1) is 12.8 Å². The average molecular weight is 213 g/mol. The number of halogens is 2. The van der Waals surface area contributed by atoms with Gasteiger partial charge in [0.15, 0.2) is 16.3 Å². The van der Waals surface area contributed by atoms with Crippen LogP contribution >= 0.6 is 28.0 Å². The molecule has 0 saturated heterocycles. The van der Waals surface area contributed by atoms with Crippen molar-refractivity contribution in [2.24, 2.45) is 0 Å². The molecule has 0 spiro atoms. The highest BCUT2D eigenvalue weighted by atomic mass is 79.9. The van der Waals surface area contributed by atoms with Crippen molar-refractivity contribution in [1.82, 2.24) is 0 Å². The molecule has 1 aliphatic rings. The van der Waals surface area contributed by atoms with Gasteiger partial charge in [0.1, 0.15) is 0 Å². The van der Waals surface area contributed by atoms with E-state index in [9.17, 15) is 4.79 Å². The molecule has 50 valence electrons. The van der Waals surface area contributed by atoms with Crippen LogP contribution in [0.5, 0.6) is 0 Å². The van der Waals surface area contributed by atoms with Crippen molar-refractivity contribution < 1.29 is 12.7 Å². The normalized spacial score (nSPS) is 19.1. The van der Waals surface area contributed by atoms with E-state index in [0.717, 1.165) is 4.09 Å². The van der Waals surface area contributed by atoms with Gasteiger partial charge in [-0.25, -0.2) is 4.79 Å². The molecule has 3 nitrogen and oxygen atoms in total. The quantitative estimate of drug-likeness (QED) is 0.566. The van der Waals surface area contributed by atoms with E-state index in [1.54, 1.807) is 0 Å². The van der Waals surface area contributed by atoms with Crippen LogP contribution in [0.25, 0.3) is 0 Å². The summed E-state index contributed by atoms with van der Waals surface area (Å²) in [5.41, 5.74) is 0. The van der Waals surface area contributed by atoms with E-state index in [1.165, 1.54) is 0 Å². The molecule has 0 aromatic rings. The van der Waals surface area contributed by atoms with Crippen LogP contribution in [0, 0.1) is 0 Å². The standard InChI is InChI=1S/C4H4BrClNO2/c5-9-4-2-1-3(8)7(4)6/h1-2H2/q+1. The smallest absolute Gasteiger partial charge is 0.364 e. The fraction of sp³-hybridized carbons (Fsp3) is 0.500. The average Bonchev–Trinajstić information content (AvgIpc) is 2.15. The van der Waals surface area contributed by atoms with Crippen LogP contribution in [0.4, 0.5) is 0 Å². The molecule has 0 atom stereocenters. The molecule has 0 unspecified atom stereocenters. The number of amides is 1. The molecular weight excluding hydrogens is 209 g/mol. The predicted octanol–water partition coefficient (Wildman–Crippen LogP) is 1.20. The summed E-state index contributed by atoms with van der Waals surface area (Å²) in [5, 5.41) is 0. The highest BCUT2D eigenvalue weighted by molar-refractivity contribution is 9.06. The third-order valence-corrected chi connectivity index (χ3v) is 1.83. The lowest BCUT2D eigenvalue weighted by atomic mass is 10.4. The first-order valence-electron chi connectivity index (χ1n) is 2.39. The van der Waals surface area contributed by atoms with Crippen LogP contribution in [0.1, 0.15) is 12.8 Å². The van der Waals surface area contributed by atoms with E-state index < -0.39 is 0 Å². The van der Waals surface area contributed by atoms with E-state index >= 15 is 0 Å². The fourth-order valence-electron chi connectivity index (χ4n) is 0.618. The Morgan fingerprint density at radius 3 is 2.56 bits per heavy atom. The van der Waals surface area contributed by atoms with Gasteiger partial charge in [-0.15, -0.1) is 0 Å². The van der Waals surface area contributed by atoms with Crippen molar-refractivity contribution in [2.75, 3.05) is 0 Å². The minimum atomic E-state index is -0.119. The van der Waals surface area contributed by atoms with Crippen molar-refractivity contribution in [3.05, 3.63) is 0 Å². The Balaban J connectivity index is 2.79. The predicted molar refractivity (Wildman–Crippen MR) is 35.4 cm³/mol. The molecule has 0 aromatic heterocycles. The zero-order valence-electron chi connectivity index (χ0n) is 4.43. The third-order valence-electron chi connectivity index (χ3n) is 1.08. The van der Waals surface area contributed by atoms with E-state index in [4.69, 9.17) is 11.8 Å². The summed E-state index contributed by atoms with van der Waals surface area (Å²) in [6.45, 7) is 0. The third kappa shape index (κ3) is 1.24. The second-order valence-electron chi connectivity index (χ2n) is 1.65. The topological polar surface area (TPSA) is 29.3 Å². The molecule has 1 rings (SSSR count). The lowest BCUT2D eigenvalue weighted by Crippen LogP contribution is -2.08. The van der Waals surface area contributed by atoms with E-state index in [1.807, 2.05) is 0 Å². The molecule has 0 radical (unpaired) electrons. The largest absolute Gasteiger partial charge is 0.410 e. The van der Waals surface area contributed by atoms with Crippen molar-refractivity contribution in [3.8, 4) is 0 Å². The maximum atomic E-state index is 10.6. The number of carbonyl (C=O) groups excluding carboxylic acids is 1. The van der Waals surface area contributed by atoms with Gasteiger partial charge < -0.3 is 3.83 Å². The van der Waals surface area contributed by atoms with Crippen LogP contribution in [0.2, 0.25) is 0 Å².